The zero-order valence-electron chi connectivity index (χ0n) is 19.9. The Balaban J connectivity index is 1.46. The van der Waals surface area contributed by atoms with Gasteiger partial charge in [0.25, 0.3) is 5.91 Å². The first kappa shape index (κ1) is 27.9. The average Bonchev–Trinajstić information content (AvgIpc) is 2.86. The fourth-order valence-corrected chi connectivity index (χ4v) is 7.45. The summed E-state index contributed by atoms with van der Waals surface area (Å²) >= 11 is 6.21. The number of nitrogens with one attached hydrogen (secondary N) is 1. The summed E-state index contributed by atoms with van der Waals surface area (Å²) < 4.78 is 59.0. The first-order valence-electron chi connectivity index (χ1n) is 11.8. The number of aliphatic hydroxyl groups excluding tert-OH is 2. The fourth-order valence-electron chi connectivity index (χ4n) is 5.05. The summed E-state index contributed by atoms with van der Waals surface area (Å²) in [5.74, 6) is -3.62. The number of sulfone groups is 1. The van der Waals surface area contributed by atoms with E-state index >= 15 is 0 Å². The molecule has 37 heavy (non-hydrogen) atoms. The molecule has 4 atom stereocenters. The predicted molar refractivity (Wildman–Crippen MR) is 131 cm³/mol. The molecule has 3 fully saturated rings. The molecule has 1 amide bonds. The maximum absolute atomic E-state index is 13.5. The van der Waals surface area contributed by atoms with E-state index in [1.54, 1.807) is 0 Å². The summed E-state index contributed by atoms with van der Waals surface area (Å²) in [7, 11) is -3.98. The maximum Gasteiger partial charge on any atom is 0.255 e. The van der Waals surface area contributed by atoms with Crippen molar-refractivity contribution >= 4 is 33.0 Å². The zero-order valence-corrected chi connectivity index (χ0v) is 21.5. The standard InChI is InChI=1S/C25H28ClF2NO7S/c1-13(30)22(31)11-36-12-25(33)15-7-16(25)9-18(8-15)37(34,35)23-6-14(2-4-19(23)26)24(32)29-17-3-5-20(27)21(28)10-17/h2-6,10,13,15-16,18,22,30-31,33H,7-9,11-12H2,1H3,(H,29,32)/t13-,15?,16?,18?,22-,25?/m0/s1. The van der Waals surface area contributed by atoms with Crippen LogP contribution >= 0.6 is 11.6 Å². The number of carbonyl (C=O) groups is 1. The van der Waals surface area contributed by atoms with Crippen molar-refractivity contribution in [3.63, 3.8) is 0 Å². The summed E-state index contributed by atoms with van der Waals surface area (Å²) in [5, 5.41) is 31.6. The molecule has 2 bridgehead atoms. The van der Waals surface area contributed by atoms with Crippen LogP contribution in [0.5, 0.6) is 0 Å². The SMILES string of the molecule is C[C@H](O)[C@@H](O)COCC1(O)C2CC1CC(S(=O)(=O)c1cc(C(=O)Nc3ccc(F)c(F)c3)ccc1Cl)C2. The molecule has 0 saturated heterocycles. The van der Waals surface area contributed by atoms with E-state index in [9.17, 15) is 37.3 Å². The highest BCUT2D eigenvalue weighted by molar-refractivity contribution is 7.92. The Bertz CT molecular complexity index is 1280. The lowest BCUT2D eigenvalue weighted by atomic mass is 9.54. The van der Waals surface area contributed by atoms with E-state index in [1.807, 2.05) is 0 Å². The minimum absolute atomic E-state index is 0.00176. The van der Waals surface area contributed by atoms with E-state index < -0.39 is 50.4 Å². The number of ether oxygens (including phenoxy) is 1. The van der Waals surface area contributed by atoms with Crippen LogP contribution in [0.25, 0.3) is 0 Å². The van der Waals surface area contributed by atoms with Gasteiger partial charge in [-0.15, -0.1) is 0 Å². The van der Waals surface area contributed by atoms with Crippen molar-refractivity contribution < 1.29 is 42.0 Å². The minimum atomic E-state index is -3.98. The van der Waals surface area contributed by atoms with Gasteiger partial charge in [0, 0.05) is 17.3 Å². The number of benzene rings is 2. The number of aliphatic hydroxyl groups is 3. The van der Waals surface area contributed by atoms with Crippen molar-refractivity contribution in [2.45, 2.75) is 54.1 Å². The number of hydrogen-bond donors (Lipinski definition) is 4. The third-order valence-corrected chi connectivity index (χ3v) is 10.0. The van der Waals surface area contributed by atoms with Crippen LogP contribution in [0.1, 0.15) is 36.5 Å². The summed E-state index contributed by atoms with van der Waals surface area (Å²) in [4.78, 5) is 12.4. The Morgan fingerprint density at radius 3 is 2.43 bits per heavy atom. The summed E-state index contributed by atoms with van der Waals surface area (Å²) in [6.07, 6.45) is -1.11. The van der Waals surface area contributed by atoms with Gasteiger partial charge in [-0.3, -0.25) is 4.79 Å². The monoisotopic (exact) mass is 559 g/mol. The first-order chi connectivity index (χ1) is 17.3. The molecule has 12 heteroatoms. The lowest BCUT2D eigenvalue weighted by molar-refractivity contribution is -0.211. The smallest absolute Gasteiger partial charge is 0.255 e. The molecule has 4 N–H and O–H groups in total. The van der Waals surface area contributed by atoms with Crippen LogP contribution in [0.3, 0.4) is 0 Å². The molecule has 0 spiro atoms. The molecule has 0 aromatic heterocycles. The number of carbonyl (C=O) groups excluding carboxylic acids is 1. The summed E-state index contributed by atoms with van der Waals surface area (Å²) in [5.41, 5.74) is -1.26. The molecule has 0 heterocycles. The van der Waals surface area contributed by atoms with Crippen molar-refractivity contribution in [2.24, 2.45) is 11.8 Å². The number of anilines is 1. The molecule has 3 aliphatic rings. The topological polar surface area (TPSA) is 133 Å². The van der Waals surface area contributed by atoms with Gasteiger partial charge in [0.1, 0.15) is 6.10 Å². The van der Waals surface area contributed by atoms with Crippen LogP contribution in [-0.4, -0.2) is 65.9 Å². The highest BCUT2D eigenvalue weighted by Gasteiger charge is 2.60. The van der Waals surface area contributed by atoms with Gasteiger partial charge in [0.15, 0.2) is 21.5 Å². The molecule has 2 aromatic rings. The van der Waals surface area contributed by atoms with E-state index in [0.717, 1.165) is 18.2 Å². The Hall–Kier alpha value is -2.15. The lowest BCUT2D eigenvalue weighted by Crippen LogP contribution is -2.64. The second-order valence-electron chi connectivity index (χ2n) is 9.81. The third-order valence-electron chi connectivity index (χ3n) is 7.37. The molecular formula is C25H28ClF2NO7S. The third kappa shape index (κ3) is 5.52. The lowest BCUT2D eigenvalue weighted by Gasteiger charge is -2.58. The van der Waals surface area contributed by atoms with Crippen LogP contribution in [0.15, 0.2) is 41.3 Å². The van der Waals surface area contributed by atoms with E-state index in [1.165, 1.54) is 25.1 Å². The average molecular weight is 560 g/mol. The molecule has 0 radical (unpaired) electrons. The van der Waals surface area contributed by atoms with Crippen LogP contribution in [-0.2, 0) is 14.6 Å². The van der Waals surface area contributed by atoms with E-state index in [2.05, 4.69) is 5.32 Å². The number of fused-ring (bicyclic) bond motifs is 2. The molecule has 2 aromatic carbocycles. The molecule has 3 saturated carbocycles. The Kier molecular flexibility index (Phi) is 7.95. The number of halogens is 3. The van der Waals surface area contributed by atoms with Gasteiger partial charge < -0.3 is 25.4 Å². The Morgan fingerprint density at radius 1 is 1.14 bits per heavy atom. The number of amides is 1. The molecule has 0 aliphatic heterocycles. The second-order valence-corrected chi connectivity index (χ2v) is 12.4. The van der Waals surface area contributed by atoms with E-state index in [4.69, 9.17) is 16.3 Å². The number of hydrogen-bond acceptors (Lipinski definition) is 7. The maximum atomic E-state index is 13.5. The zero-order chi connectivity index (χ0) is 27.1. The largest absolute Gasteiger partial charge is 0.391 e. The van der Waals surface area contributed by atoms with Gasteiger partial charge in [-0.1, -0.05) is 11.6 Å². The van der Waals surface area contributed by atoms with Gasteiger partial charge in [0.05, 0.1) is 40.1 Å². The van der Waals surface area contributed by atoms with Crippen molar-refractivity contribution in [3.05, 3.63) is 58.6 Å². The van der Waals surface area contributed by atoms with Gasteiger partial charge in [-0.2, -0.15) is 0 Å². The molecule has 202 valence electrons. The Labute approximate surface area is 218 Å². The van der Waals surface area contributed by atoms with Crippen molar-refractivity contribution in [1.29, 1.82) is 0 Å². The fraction of sp³-hybridized carbons (Fsp3) is 0.480. The highest BCUT2D eigenvalue weighted by Crippen LogP contribution is 2.55. The number of rotatable bonds is 9. The van der Waals surface area contributed by atoms with Gasteiger partial charge in [-0.05, 0) is 68.4 Å². The molecule has 5 rings (SSSR count). The molecule has 2 unspecified atom stereocenters. The van der Waals surface area contributed by atoms with Crippen LogP contribution < -0.4 is 5.32 Å². The van der Waals surface area contributed by atoms with Crippen LogP contribution in [0, 0.1) is 23.5 Å². The minimum Gasteiger partial charge on any atom is -0.391 e. The van der Waals surface area contributed by atoms with Gasteiger partial charge >= 0.3 is 0 Å². The summed E-state index contributed by atoms with van der Waals surface area (Å²) in [6, 6.07) is 6.61. The summed E-state index contributed by atoms with van der Waals surface area (Å²) in [6.45, 7) is 1.18. The van der Waals surface area contributed by atoms with Crippen LogP contribution in [0.4, 0.5) is 14.5 Å². The van der Waals surface area contributed by atoms with Crippen molar-refractivity contribution in [1.82, 2.24) is 0 Å². The molecule has 8 nitrogen and oxygen atoms in total. The quantitative estimate of drug-likeness (QED) is 0.371. The Morgan fingerprint density at radius 2 is 1.81 bits per heavy atom. The van der Waals surface area contributed by atoms with Gasteiger partial charge in [0.2, 0.25) is 0 Å². The molecule has 3 aliphatic carbocycles. The van der Waals surface area contributed by atoms with Crippen molar-refractivity contribution in [3.8, 4) is 0 Å². The van der Waals surface area contributed by atoms with Gasteiger partial charge in [-0.25, -0.2) is 17.2 Å². The predicted octanol–water partition coefficient (Wildman–Crippen LogP) is 2.93. The van der Waals surface area contributed by atoms with Crippen LogP contribution in [0.2, 0.25) is 5.02 Å². The molecular weight excluding hydrogens is 532 g/mol. The van der Waals surface area contributed by atoms with E-state index in [-0.39, 0.29) is 59.1 Å². The second kappa shape index (κ2) is 10.5. The highest BCUT2D eigenvalue weighted by atomic mass is 35.5. The van der Waals surface area contributed by atoms with E-state index in [0.29, 0.717) is 6.42 Å². The first-order valence-corrected chi connectivity index (χ1v) is 13.7. The van der Waals surface area contributed by atoms with Crippen molar-refractivity contribution in [2.75, 3.05) is 18.5 Å². The normalized spacial score (nSPS) is 26.7.